The lowest BCUT2D eigenvalue weighted by Crippen LogP contribution is -2.53. The Labute approximate surface area is 193 Å². The molecule has 0 aliphatic carbocycles. The highest BCUT2D eigenvalue weighted by molar-refractivity contribution is 5.86. The summed E-state index contributed by atoms with van der Waals surface area (Å²) in [6.45, 7) is 3.99. The Balaban J connectivity index is 0.00000171. The molecular formula is C21H26Cl2N6O2. The molecule has 8 nitrogen and oxygen atoms in total. The average Bonchev–Trinajstić information content (AvgIpc) is 3.17. The number of hydrogen-bond acceptors (Lipinski definition) is 7. The smallest absolute Gasteiger partial charge is 0.138 e. The summed E-state index contributed by atoms with van der Waals surface area (Å²) in [6, 6.07) is 8.10. The maximum atomic E-state index is 9.46. The maximum absolute atomic E-state index is 9.46. The van der Waals surface area contributed by atoms with Crippen LogP contribution in [0.1, 0.15) is 25.3 Å². The number of pyridine rings is 2. The largest absolute Gasteiger partial charge is 0.492 e. The fraction of sp³-hybridized carbons (Fsp3) is 0.381. The quantitative estimate of drug-likeness (QED) is 0.596. The van der Waals surface area contributed by atoms with Gasteiger partial charge in [0.25, 0.3) is 0 Å². The van der Waals surface area contributed by atoms with E-state index in [-0.39, 0.29) is 31.4 Å². The van der Waals surface area contributed by atoms with Crippen molar-refractivity contribution in [1.29, 1.82) is 5.26 Å². The van der Waals surface area contributed by atoms with Crippen LogP contribution in [0, 0.1) is 11.3 Å². The van der Waals surface area contributed by atoms with E-state index in [0.717, 1.165) is 48.4 Å². The normalized spacial score (nSPS) is 15.0. The van der Waals surface area contributed by atoms with E-state index in [9.17, 15) is 10.4 Å². The van der Waals surface area contributed by atoms with E-state index in [4.69, 9.17) is 10.5 Å². The SMILES string of the molecule is CCOc1cc(-c2ccc(N3CCC(N)(CO)CC3)nc2)c2c(C#N)cnn2c1.Cl.Cl. The lowest BCUT2D eigenvalue weighted by atomic mass is 9.89. The number of aromatic nitrogens is 3. The highest BCUT2D eigenvalue weighted by atomic mass is 35.5. The van der Waals surface area contributed by atoms with Crippen LogP contribution in [0.3, 0.4) is 0 Å². The van der Waals surface area contributed by atoms with Gasteiger partial charge in [0.05, 0.1) is 36.7 Å². The maximum Gasteiger partial charge on any atom is 0.138 e. The molecule has 0 unspecified atom stereocenters. The van der Waals surface area contributed by atoms with Crippen LogP contribution in [-0.4, -0.2) is 51.5 Å². The van der Waals surface area contributed by atoms with Crippen LogP contribution in [-0.2, 0) is 0 Å². The third-order valence-corrected chi connectivity index (χ3v) is 5.48. The van der Waals surface area contributed by atoms with Crippen LogP contribution in [0.2, 0.25) is 0 Å². The molecule has 1 fully saturated rings. The van der Waals surface area contributed by atoms with E-state index in [1.165, 1.54) is 0 Å². The summed E-state index contributed by atoms with van der Waals surface area (Å²) < 4.78 is 7.34. The van der Waals surface area contributed by atoms with Crippen LogP contribution in [0.15, 0.2) is 36.8 Å². The minimum Gasteiger partial charge on any atom is -0.492 e. The average molecular weight is 465 g/mol. The fourth-order valence-corrected chi connectivity index (χ4v) is 3.72. The van der Waals surface area contributed by atoms with Crippen LogP contribution in [0.4, 0.5) is 5.82 Å². The molecule has 3 aromatic heterocycles. The number of ether oxygens (including phenoxy) is 1. The molecule has 10 heteroatoms. The molecule has 1 aliphatic rings. The van der Waals surface area contributed by atoms with E-state index in [1.54, 1.807) is 16.9 Å². The van der Waals surface area contributed by atoms with Gasteiger partial charge >= 0.3 is 0 Å². The van der Waals surface area contributed by atoms with Gasteiger partial charge < -0.3 is 20.5 Å². The van der Waals surface area contributed by atoms with Crippen molar-refractivity contribution in [2.45, 2.75) is 25.3 Å². The summed E-state index contributed by atoms with van der Waals surface area (Å²) in [4.78, 5) is 6.82. The van der Waals surface area contributed by atoms with Gasteiger partial charge in [-0.1, -0.05) is 0 Å². The number of aliphatic hydroxyl groups is 1. The first kappa shape index (κ1) is 24.7. The van der Waals surface area contributed by atoms with Gasteiger partial charge in [-0.2, -0.15) is 10.4 Å². The molecule has 4 heterocycles. The highest BCUT2D eigenvalue weighted by Crippen LogP contribution is 2.32. The van der Waals surface area contributed by atoms with Crippen LogP contribution in [0.25, 0.3) is 16.6 Å². The summed E-state index contributed by atoms with van der Waals surface area (Å²) in [5.74, 6) is 1.56. The first-order chi connectivity index (χ1) is 14.1. The number of piperidine rings is 1. The van der Waals surface area contributed by atoms with Gasteiger partial charge in [-0.15, -0.1) is 24.8 Å². The molecule has 166 valence electrons. The Bertz CT molecular complexity index is 1060. The number of rotatable bonds is 5. The predicted molar refractivity (Wildman–Crippen MR) is 124 cm³/mol. The summed E-state index contributed by atoms with van der Waals surface area (Å²) in [7, 11) is 0. The molecular weight excluding hydrogens is 439 g/mol. The van der Waals surface area contributed by atoms with Crippen molar-refractivity contribution in [2.75, 3.05) is 31.2 Å². The zero-order valence-electron chi connectivity index (χ0n) is 17.2. The van der Waals surface area contributed by atoms with Crippen LogP contribution < -0.4 is 15.4 Å². The van der Waals surface area contributed by atoms with Gasteiger partial charge in [0.2, 0.25) is 0 Å². The third-order valence-electron chi connectivity index (χ3n) is 5.48. The van der Waals surface area contributed by atoms with Gasteiger partial charge in [0, 0.05) is 36.0 Å². The predicted octanol–water partition coefficient (Wildman–Crippen LogP) is 2.80. The summed E-state index contributed by atoms with van der Waals surface area (Å²) >= 11 is 0. The Hall–Kier alpha value is -2.57. The minimum absolute atomic E-state index is 0. The molecule has 0 bridgehead atoms. The van der Waals surface area contributed by atoms with E-state index in [0.29, 0.717) is 17.9 Å². The van der Waals surface area contributed by atoms with Crippen molar-refractivity contribution < 1.29 is 9.84 Å². The second-order valence-electron chi connectivity index (χ2n) is 7.40. The first-order valence-corrected chi connectivity index (χ1v) is 9.72. The lowest BCUT2D eigenvalue weighted by Gasteiger charge is -2.38. The van der Waals surface area contributed by atoms with Gasteiger partial charge in [0.1, 0.15) is 17.6 Å². The monoisotopic (exact) mass is 464 g/mol. The van der Waals surface area contributed by atoms with Crippen molar-refractivity contribution in [3.63, 3.8) is 0 Å². The Morgan fingerprint density at radius 2 is 2.00 bits per heavy atom. The van der Waals surface area contributed by atoms with E-state index in [1.807, 2.05) is 31.3 Å². The van der Waals surface area contributed by atoms with Gasteiger partial charge in [-0.05, 0) is 38.0 Å². The number of nitrogens with zero attached hydrogens (tertiary/aromatic N) is 5. The number of nitriles is 1. The zero-order chi connectivity index (χ0) is 20.4. The number of hydrogen-bond donors (Lipinski definition) is 2. The van der Waals surface area contributed by atoms with Crippen molar-refractivity contribution in [3.05, 3.63) is 42.4 Å². The molecule has 4 rings (SSSR count). The second-order valence-corrected chi connectivity index (χ2v) is 7.40. The van der Waals surface area contributed by atoms with E-state index < -0.39 is 5.54 Å². The molecule has 0 atom stereocenters. The van der Waals surface area contributed by atoms with Gasteiger partial charge in [0.15, 0.2) is 0 Å². The lowest BCUT2D eigenvalue weighted by molar-refractivity contribution is 0.170. The Kier molecular flexibility index (Phi) is 8.09. The van der Waals surface area contributed by atoms with Crippen molar-refractivity contribution in [3.8, 4) is 22.9 Å². The molecule has 0 radical (unpaired) electrons. The number of halogens is 2. The Morgan fingerprint density at radius 3 is 2.58 bits per heavy atom. The van der Waals surface area contributed by atoms with E-state index in [2.05, 4.69) is 21.1 Å². The molecule has 0 spiro atoms. The molecule has 1 aliphatic heterocycles. The van der Waals surface area contributed by atoms with Crippen LogP contribution in [0.5, 0.6) is 5.75 Å². The standard InChI is InChI=1S/C21H24N6O2.2ClH/c1-2-29-17-9-18(20-16(10-22)12-25-27(20)13-17)15-3-4-19(24-11-15)26-7-5-21(23,14-28)6-8-26;;/h3-4,9,11-13,28H,2,5-8,14,23H2,1H3;2*1H. The van der Waals surface area contributed by atoms with Gasteiger partial charge in [-0.3, -0.25) is 0 Å². The number of anilines is 1. The topological polar surface area (TPSA) is 113 Å². The Morgan fingerprint density at radius 1 is 1.26 bits per heavy atom. The number of aliphatic hydroxyl groups excluding tert-OH is 1. The summed E-state index contributed by atoms with van der Waals surface area (Å²) in [5.41, 5.74) is 8.65. The summed E-state index contributed by atoms with van der Waals surface area (Å²) in [6.07, 6.45) is 6.60. The van der Waals surface area contributed by atoms with Crippen molar-refractivity contribution >= 4 is 36.1 Å². The fourth-order valence-electron chi connectivity index (χ4n) is 3.72. The van der Waals surface area contributed by atoms with Crippen molar-refractivity contribution in [1.82, 2.24) is 14.6 Å². The molecule has 31 heavy (non-hydrogen) atoms. The zero-order valence-corrected chi connectivity index (χ0v) is 18.8. The number of fused-ring (bicyclic) bond motifs is 1. The first-order valence-electron chi connectivity index (χ1n) is 9.72. The molecule has 1 saturated heterocycles. The summed E-state index contributed by atoms with van der Waals surface area (Å²) in [5, 5.41) is 23.2. The van der Waals surface area contributed by atoms with Crippen molar-refractivity contribution in [2.24, 2.45) is 5.73 Å². The third kappa shape index (κ3) is 4.86. The van der Waals surface area contributed by atoms with Gasteiger partial charge in [-0.25, -0.2) is 9.50 Å². The minimum atomic E-state index is -0.489. The second kappa shape index (κ2) is 10.2. The molecule has 3 aromatic rings. The van der Waals surface area contributed by atoms with Crippen LogP contribution >= 0.6 is 24.8 Å². The molecule has 3 N–H and O–H groups in total. The highest BCUT2D eigenvalue weighted by Gasteiger charge is 2.30. The molecule has 0 aromatic carbocycles. The molecule has 0 amide bonds. The number of nitrogens with two attached hydrogens (primary N) is 1. The van der Waals surface area contributed by atoms with E-state index >= 15 is 0 Å². The molecule has 0 saturated carbocycles.